The van der Waals surface area contributed by atoms with Crippen molar-refractivity contribution < 1.29 is 9.59 Å². The van der Waals surface area contributed by atoms with Gasteiger partial charge in [-0.2, -0.15) is 0 Å². The second kappa shape index (κ2) is 9.04. The number of anilines is 2. The first-order valence-corrected chi connectivity index (χ1v) is 17.1. The second-order valence-electron chi connectivity index (χ2n) is 16.0. The quantitative estimate of drug-likeness (QED) is 0.211. The number of nitrogens with zero attached hydrogens (tertiary/aromatic N) is 4. The zero-order valence-corrected chi connectivity index (χ0v) is 28.4. The van der Waals surface area contributed by atoms with Crippen LogP contribution in [0.3, 0.4) is 0 Å². The predicted molar refractivity (Wildman–Crippen MR) is 187 cm³/mol. The first-order valence-electron chi connectivity index (χ1n) is 17.1. The van der Waals surface area contributed by atoms with Crippen LogP contribution >= 0.6 is 0 Å². The van der Waals surface area contributed by atoms with Gasteiger partial charge in [-0.25, -0.2) is 19.9 Å². The fourth-order valence-corrected chi connectivity index (χ4v) is 10.2. The van der Waals surface area contributed by atoms with Crippen molar-refractivity contribution in [3.05, 3.63) is 95.6 Å². The number of aromatic nitrogens is 4. The number of carbonyl (C=O) groups is 2. The van der Waals surface area contributed by atoms with E-state index in [0.717, 1.165) is 57.7 Å². The van der Waals surface area contributed by atoms with E-state index >= 15 is 0 Å². The molecule has 0 radical (unpaired) electrons. The molecule has 4 aliphatic rings. The number of carbonyl (C=O) groups excluding carboxylic acids is 2. The first-order chi connectivity index (χ1) is 22.8. The maximum Gasteiger partial charge on any atom is 0.237 e. The van der Waals surface area contributed by atoms with E-state index in [1.54, 1.807) is 0 Å². The third-order valence-corrected chi connectivity index (χ3v) is 14.1. The van der Waals surface area contributed by atoms with Crippen LogP contribution in [0, 0.1) is 10.8 Å². The molecule has 48 heavy (non-hydrogen) atoms. The maximum atomic E-state index is 14.4. The molecule has 2 saturated carbocycles. The van der Waals surface area contributed by atoms with Gasteiger partial charge < -0.3 is 10.6 Å². The molecule has 0 aliphatic heterocycles. The fraction of sp³-hybridized carbons (Fsp3) is 0.400. The maximum absolute atomic E-state index is 14.4. The minimum absolute atomic E-state index is 0.0596. The number of benzene rings is 3. The van der Waals surface area contributed by atoms with Crippen LogP contribution in [0.15, 0.2) is 72.8 Å². The van der Waals surface area contributed by atoms with Crippen LogP contribution in [0.1, 0.15) is 90.0 Å². The summed E-state index contributed by atoms with van der Waals surface area (Å²) in [5.41, 5.74) is 5.30. The Morgan fingerprint density at radius 3 is 1.12 bits per heavy atom. The summed E-state index contributed by atoms with van der Waals surface area (Å²) in [6.45, 7) is 13.2. The molecule has 2 fully saturated rings. The monoisotopic (exact) mass is 636 g/mol. The molecule has 0 spiro atoms. The van der Waals surface area contributed by atoms with E-state index < -0.39 is 10.8 Å². The Morgan fingerprint density at radius 1 is 0.479 bits per heavy atom. The minimum atomic E-state index is -0.804. The highest BCUT2D eigenvalue weighted by atomic mass is 16.2. The van der Waals surface area contributed by atoms with Crippen LogP contribution in [0.25, 0.3) is 22.1 Å². The number of nitrogens with one attached hydrogen (secondary N) is 2. The molecule has 2 amide bonds. The molecule has 242 valence electrons. The van der Waals surface area contributed by atoms with Gasteiger partial charge in [-0.3, -0.25) is 9.59 Å². The highest BCUT2D eigenvalue weighted by Crippen LogP contribution is 2.71. The number of amides is 2. The molecular formula is C40H40N6O2. The molecule has 4 unspecified atom stereocenters. The van der Waals surface area contributed by atoms with Crippen LogP contribution < -0.4 is 10.6 Å². The molecule has 2 heterocycles. The number of fused-ring (bicyclic) bond motifs is 12. The van der Waals surface area contributed by atoms with E-state index in [2.05, 4.69) is 52.2 Å². The van der Waals surface area contributed by atoms with Gasteiger partial charge >= 0.3 is 0 Å². The van der Waals surface area contributed by atoms with Crippen molar-refractivity contribution >= 4 is 45.3 Å². The van der Waals surface area contributed by atoms with E-state index in [1.165, 1.54) is 0 Å². The van der Waals surface area contributed by atoms with Crippen molar-refractivity contribution in [2.24, 2.45) is 10.8 Å². The van der Waals surface area contributed by atoms with Crippen LogP contribution in [-0.2, 0) is 31.2 Å². The van der Waals surface area contributed by atoms with E-state index in [4.69, 9.17) is 19.9 Å². The Bertz CT molecular complexity index is 2090. The Kier molecular flexibility index (Phi) is 5.54. The Morgan fingerprint density at radius 2 is 0.792 bits per heavy atom. The highest BCUT2D eigenvalue weighted by Gasteiger charge is 2.74. The number of para-hydroxylation sites is 4. The largest absolute Gasteiger partial charge is 0.325 e. The minimum Gasteiger partial charge on any atom is -0.325 e. The zero-order chi connectivity index (χ0) is 33.5. The molecular weight excluding hydrogens is 596 g/mol. The van der Waals surface area contributed by atoms with Crippen molar-refractivity contribution in [2.45, 2.75) is 88.9 Å². The van der Waals surface area contributed by atoms with Gasteiger partial charge in [0, 0.05) is 22.2 Å². The van der Waals surface area contributed by atoms with Crippen molar-refractivity contribution in [1.29, 1.82) is 0 Å². The van der Waals surface area contributed by atoms with Gasteiger partial charge in [0.2, 0.25) is 11.8 Å². The first kappa shape index (κ1) is 29.4. The second-order valence-corrected chi connectivity index (χ2v) is 16.0. The lowest BCUT2D eigenvalue weighted by Crippen LogP contribution is -2.48. The standard InChI is InChI=1S/C40H40N6O2/c1-35(2)37(5)19-21-39(35,31-29(37)43-25-11-7-9-13-27(25)45-31)33(47)41-23-15-17-24(18-16-23)42-34(48)40-22-20-38(6,36(40,3)4)30-32(40)46-28-14-10-8-12-26(28)44-30/h7-18H,19-22H2,1-6H3,(H,41,47)(H,42,48). The fourth-order valence-electron chi connectivity index (χ4n) is 10.2. The molecule has 5 aromatic rings. The molecule has 4 bridgehead atoms. The number of hydrogen-bond acceptors (Lipinski definition) is 6. The normalized spacial score (nSPS) is 30.0. The molecule has 8 nitrogen and oxygen atoms in total. The van der Waals surface area contributed by atoms with Gasteiger partial charge in [-0.1, -0.05) is 65.8 Å². The van der Waals surface area contributed by atoms with E-state index in [9.17, 15) is 9.59 Å². The Labute approximate surface area is 280 Å². The van der Waals surface area contributed by atoms with Gasteiger partial charge in [0.15, 0.2) is 0 Å². The average Bonchev–Trinajstić information content (AvgIpc) is 3.54. The van der Waals surface area contributed by atoms with Crippen LogP contribution in [0.5, 0.6) is 0 Å². The average molecular weight is 637 g/mol. The Balaban J connectivity index is 1.01. The predicted octanol–water partition coefficient (Wildman–Crippen LogP) is 7.51. The third kappa shape index (κ3) is 3.17. The summed E-state index contributed by atoms with van der Waals surface area (Å²) in [7, 11) is 0. The number of rotatable bonds is 4. The molecule has 2 aromatic heterocycles. The van der Waals surface area contributed by atoms with Crippen molar-refractivity contribution in [1.82, 2.24) is 19.9 Å². The summed E-state index contributed by atoms with van der Waals surface area (Å²) >= 11 is 0. The molecule has 9 rings (SSSR count). The van der Waals surface area contributed by atoms with E-state index in [-0.39, 0.29) is 33.5 Å². The van der Waals surface area contributed by atoms with Crippen molar-refractivity contribution in [3.63, 3.8) is 0 Å². The SMILES string of the molecule is CC12CCC(C(=O)Nc3ccc(NC(=O)C45CCC(C)(c6nc7ccccc7nc64)C5(C)C)cc3)(c3nc4ccccc4nc31)C2(C)C. The smallest absolute Gasteiger partial charge is 0.237 e. The summed E-state index contributed by atoms with van der Waals surface area (Å²) in [5.74, 6) is -0.119. The lowest BCUT2D eigenvalue weighted by Gasteiger charge is -2.39. The molecule has 4 aliphatic carbocycles. The summed E-state index contributed by atoms with van der Waals surface area (Å²) in [6.07, 6.45) is 3.18. The lowest BCUT2D eigenvalue weighted by molar-refractivity contribution is -0.125. The van der Waals surface area contributed by atoms with Crippen molar-refractivity contribution in [3.8, 4) is 0 Å². The summed E-state index contributed by atoms with van der Waals surface area (Å²) in [4.78, 5) is 49.2. The van der Waals surface area contributed by atoms with Gasteiger partial charge in [-0.05, 0) is 85.0 Å². The molecule has 3 aromatic carbocycles. The summed E-state index contributed by atoms with van der Waals surface area (Å²) in [6, 6.07) is 23.3. The van der Waals surface area contributed by atoms with E-state index in [1.807, 2.05) is 72.8 Å². The molecule has 2 N–H and O–H groups in total. The lowest BCUT2D eigenvalue weighted by atomic mass is 9.63. The Hall–Kier alpha value is -4.72. The van der Waals surface area contributed by atoms with Gasteiger partial charge in [0.25, 0.3) is 0 Å². The van der Waals surface area contributed by atoms with E-state index in [0.29, 0.717) is 24.2 Å². The summed E-state index contributed by atoms with van der Waals surface area (Å²) in [5, 5.41) is 6.47. The van der Waals surface area contributed by atoms with Crippen molar-refractivity contribution in [2.75, 3.05) is 10.6 Å². The van der Waals surface area contributed by atoms with Crippen LogP contribution in [0.2, 0.25) is 0 Å². The van der Waals surface area contributed by atoms with Crippen LogP contribution in [0.4, 0.5) is 11.4 Å². The molecule has 0 saturated heterocycles. The number of hydrogen-bond donors (Lipinski definition) is 2. The zero-order valence-electron chi connectivity index (χ0n) is 28.4. The molecule has 8 heteroatoms. The van der Waals surface area contributed by atoms with Gasteiger partial charge in [0.1, 0.15) is 0 Å². The topological polar surface area (TPSA) is 110 Å². The van der Waals surface area contributed by atoms with Crippen LogP contribution in [-0.4, -0.2) is 31.8 Å². The van der Waals surface area contributed by atoms with Gasteiger partial charge in [0.05, 0.1) is 55.7 Å². The molecule has 4 atom stereocenters. The third-order valence-electron chi connectivity index (χ3n) is 14.1. The van der Waals surface area contributed by atoms with Gasteiger partial charge in [-0.15, -0.1) is 0 Å². The summed E-state index contributed by atoms with van der Waals surface area (Å²) < 4.78 is 0. The highest BCUT2D eigenvalue weighted by molar-refractivity contribution is 6.04.